The van der Waals surface area contributed by atoms with Crippen molar-refractivity contribution >= 4 is 60.5 Å². The Morgan fingerprint density at radius 2 is 1.84 bits per heavy atom. The largest absolute Gasteiger partial charge is 0.495 e. The minimum atomic E-state index is 0.622. The molecule has 2 aromatic carbocycles. The molecule has 19 heavy (non-hydrogen) atoms. The maximum atomic E-state index is 5.97. The summed E-state index contributed by atoms with van der Waals surface area (Å²) in [6, 6.07) is 9.06. The van der Waals surface area contributed by atoms with E-state index in [1.807, 2.05) is 12.1 Å². The SMILES string of the molecule is COc1cc(Nc2cc(Cl)ccc2N)c(Br)cc1Br. The summed E-state index contributed by atoms with van der Waals surface area (Å²) in [5, 5.41) is 3.85. The van der Waals surface area contributed by atoms with Crippen molar-refractivity contribution < 1.29 is 4.74 Å². The van der Waals surface area contributed by atoms with Gasteiger partial charge in [0, 0.05) is 15.6 Å². The van der Waals surface area contributed by atoms with Gasteiger partial charge in [0.1, 0.15) is 5.75 Å². The third-order valence-corrected chi connectivity index (χ3v) is 4.04. The molecular formula is C13H11Br2ClN2O. The van der Waals surface area contributed by atoms with E-state index in [1.165, 1.54) is 0 Å². The molecule has 0 unspecified atom stereocenters. The molecule has 0 aliphatic rings. The van der Waals surface area contributed by atoms with Crippen LogP contribution in [-0.2, 0) is 0 Å². The van der Waals surface area contributed by atoms with Crippen molar-refractivity contribution in [2.75, 3.05) is 18.2 Å². The van der Waals surface area contributed by atoms with E-state index in [4.69, 9.17) is 22.1 Å². The minimum Gasteiger partial charge on any atom is -0.495 e. The van der Waals surface area contributed by atoms with Gasteiger partial charge in [-0.2, -0.15) is 0 Å². The van der Waals surface area contributed by atoms with Crippen LogP contribution in [0, 0.1) is 0 Å². The van der Waals surface area contributed by atoms with Crippen LogP contribution in [0.15, 0.2) is 39.3 Å². The first-order chi connectivity index (χ1) is 9.01. The van der Waals surface area contributed by atoms with Gasteiger partial charge in [0.2, 0.25) is 0 Å². The number of methoxy groups -OCH3 is 1. The zero-order valence-electron chi connectivity index (χ0n) is 10.0. The monoisotopic (exact) mass is 404 g/mol. The molecule has 3 N–H and O–H groups in total. The third kappa shape index (κ3) is 3.35. The molecule has 0 saturated carbocycles. The maximum absolute atomic E-state index is 5.97. The highest BCUT2D eigenvalue weighted by atomic mass is 79.9. The summed E-state index contributed by atoms with van der Waals surface area (Å²) in [4.78, 5) is 0. The van der Waals surface area contributed by atoms with Crippen LogP contribution in [-0.4, -0.2) is 7.11 Å². The van der Waals surface area contributed by atoms with Crippen molar-refractivity contribution in [1.82, 2.24) is 0 Å². The van der Waals surface area contributed by atoms with Crippen LogP contribution in [0.5, 0.6) is 5.75 Å². The summed E-state index contributed by atoms with van der Waals surface area (Å²) in [5.41, 5.74) is 8.12. The molecule has 0 radical (unpaired) electrons. The van der Waals surface area contributed by atoms with Gasteiger partial charge in [0.15, 0.2) is 0 Å². The zero-order valence-corrected chi connectivity index (χ0v) is 13.9. The number of halogens is 3. The molecule has 0 fully saturated rings. The number of hydrogen-bond acceptors (Lipinski definition) is 3. The lowest BCUT2D eigenvalue weighted by molar-refractivity contribution is 0.412. The minimum absolute atomic E-state index is 0.622. The van der Waals surface area contributed by atoms with Crippen molar-refractivity contribution in [2.45, 2.75) is 0 Å². The quantitative estimate of drug-likeness (QED) is 0.689. The predicted molar refractivity (Wildman–Crippen MR) is 87.5 cm³/mol. The second-order valence-electron chi connectivity index (χ2n) is 3.82. The Hall–Kier alpha value is -0.910. The van der Waals surface area contributed by atoms with Gasteiger partial charge >= 0.3 is 0 Å². The lowest BCUT2D eigenvalue weighted by Crippen LogP contribution is -1.97. The van der Waals surface area contributed by atoms with E-state index >= 15 is 0 Å². The lowest BCUT2D eigenvalue weighted by atomic mass is 10.2. The van der Waals surface area contributed by atoms with Gasteiger partial charge in [0.05, 0.1) is 28.6 Å². The molecule has 0 aliphatic carbocycles. The molecule has 0 aromatic heterocycles. The predicted octanol–water partition coefficient (Wildman–Crippen LogP) is 5.20. The lowest BCUT2D eigenvalue weighted by Gasteiger charge is -2.13. The molecule has 100 valence electrons. The number of hydrogen-bond donors (Lipinski definition) is 2. The van der Waals surface area contributed by atoms with Gasteiger partial charge in [-0.25, -0.2) is 0 Å². The summed E-state index contributed by atoms with van der Waals surface area (Å²) in [6.07, 6.45) is 0. The van der Waals surface area contributed by atoms with Gasteiger partial charge < -0.3 is 15.8 Å². The first kappa shape index (κ1) is 14.5. The molecule has 0 amide bonds. The topological polar surface area (TPSA) is 47.3 Å². The molecule has 2 aromatic rings. The molecule has 0 saturated heterocycles. The first-order valence-corrected chi connectivity index (χ1v) is 7.32. The number of nitrogens with one attached hydrogen (secondary N) is 1. The van der Waals surface area contributed by atoms with E-state index in [0.717, 1.165) is 26.1 Å². The summed E-state index contributed by atoms with van der Waals surface area (Å²) >= 11 is 12.9. The Kier molecular flexibility index (Phi) is 4.60. The summed E-state index contributed by atoms with van der Waals surface area (Å²) < 4.78 is 7.02. The number of nitrogens with two attached hydrogens (primary N) is 1. The van der Waals surface area contributed by atoms with Gasteiger partial charge in [-0.05, 0) is 56.1 Å². The number of rotatable bonds is 3. The molecule has 0 aliphatic heterocycles. The van der Waals surface area contributed by atoms with Crippen molar-refractivity contribution in [3.63, 3.8) is 0 Å². The van der Waals surface area contributed by atoms with Gasteiger partial charge in [-0.1, -0.05) is 11.6 Å². The standard InChI is InChI=1S/C13H11Br2ClN2O/c1-19-13-6-11(8(14)5-9(13)15)18-12-4-7(16)2-3-10(12)17/h2-6,18H,17H2,1H3. The maximum Gasteiger partial charge on any atom is 0.135 e. The average molecular weight is 407 g/mol. The second-order valence-corrected chi connectivity index (χ2v) is 5.97. The molecule has 0 bridgehead atoms. The van der Waals surface area contributed by atoms with Crippen molar-refractivity contribution in [2.24, 2.45) is 0 Å². The molecular weight excluding hydrogens is 395 g/mol. The van der Waals surface area contributed by atoms with Crippen LogP contribution in [0.25, 0.3) is 0 Å². The fraction of sp³-hybridized carbons (Fsp3) is 0.0769. The highest BCUT2D eigenvalue weighted by Gasteiger charge is 2.09. The van der Waals surface area contributed by atoms with E-state index in [9.17, 15) is 0 Å². The second kappa shape index (κ2) is 6.03. The van der Waals surface area contributed by atoms with Gasteiger partial charge in [-0.3, -0.25) is 0 Å². The third-order valence-electron chi connectivity index (χ3n) is 2.53. The normalized spacial score (nSPS) is 10.3. The number of anilines is 3. The number of ether oxygens (including phenoxy) is 1. The van der Waals surface area contributed by atoms with Crippen molar-refractivity contribution in [3.8, 4) is 5.75 Å². The van der Waals surface area contributed by atoms with E-state index in [1.54, 1.807) is 25.3 Å². The molecule has 3 nitrogen and oxygen atoms in total. The van der Waals surface area contributed by atoms with Crippen molar-refractivity contribution in [3.05, 3.63) is 44.3 Å². The van der Waals surface area contributed by atoms with Crippen LogP contribution < -0.4 is 15.8 Å². The first-order valence-electron chi connectivity index (χ1n) is 5.36. The van der Waals surface area contributed by atoms with Gasteiger partial charge in [-0.15, -0.1) is 0 Å². The smallest absolute Gasteiger partial charge is 0.135 e. The molecule has 0 heterocycles. The van der Waals surface area contributed by atoms with E-state index in [-0.39, 0.29) is 0 Å². The molecule has 0 spiro atoms. The summed E-state index contributed by atoms with van der Waals surface area (Å²) in [6.45, 7) is 0. The highest BCUT2D eigenvalue weighted by molar-refractivity contribution is 9.11. The number of nitrogen functional groups attached to an aromatic ring is 1. The Balaban J connectivity index is 2.40. The Bertz CT molecular complexity index is 620. The Morgan fingerprint density at radius 1 is 1.11 bits per heavy atom. The van der Waals surface area contributed by atoms with Crippen LogP contribution in [0.4, 0.5) is 17.1 Å². The Labute approximate surface area is 133 Å². The molecule has 6 heteroatoms. The van der Waals surface area contributed by atoms with Crippen LogP contribution >= 0.6 is 43.5 Å². The Morgan fingerprint density at radius 3 is 2.53 bits per heavy atom. The van der Waals surface area contributed by atoms with Crippen LogP contribution in [0.2, 0.25) is 5.02 Å². The summed E-state index contributed by atoms with van der Waals surface area (Å²) in [7, 11) is 1.62. The van der Waals surface area contributed by atoms with Gasteiger partial charge in [0.25, 0.3) is 0 Å². The van der Waals surface area contributed by atoms with Crippen LogP contribution in [0.1, 0.15) is 0 Å². The van der Waals surface area contributed by atoms with Crippen LogP contribution in [0.3, 0.4) is 0 Å². The fourth-order valence-corrected chi connectivity index (χ4v) is 2.99. The van der Waals surface area contributed by atoms with E-state index in [0.29, 0.717) is 10.7 Å². The fourth-order valence-electron chi connectivity index (χ4n) is 1.56. The van der Waals surface area contributed by atoms with E-state index < -0.39 is 0 Å². The number of benzene rings is 2. The van der Waals surface area contributed by atoms with Crippen molar-refractivity contribution in [1.29, 1.82) is 0 Å². The average Bonchev–Trinajstić information content (AvgIpc) is 2.37. The zero-order chi connectivity index (χ0) is 14.0. The molecule has 2 rings (SSSR count). The summed E-state index contributed by atoms with van der Waals surface area (Å²) in [5.74, 6) is 0.728. The van der Waals surface area contributed by atoms with E-state index in [2.05, 4.69) is 37.2 Å². The highest BCUT2D eigenvalue weighted by Crippen LogP contribution is 2.37. The molecule has 0 atom stereocenters.